The van der Waals surface area contributed by atoms with Crippen molar-refractivity contribution < 1.29 is 95.9 Å². The van der Waals surface area contributed by atoms with Crippen LogP contribution in [0.4, 0.5) is 61.6 Å². The molecule has 7 N–H and O–H groups in total. The minimum atomic E-state index is -9.93. The van der Waals surface area contributed by atoms with Crippen molar-refractivity contribution in [3.05, 3.63) is 175 Å². The number of fused-ring (bicyclic) bond motifs is 1. The second-order valence-electron chi connectivity index (χ2n) is 27.0. The first-order chi connectivity index (χ1) is 54.4. The number of nitro groups is 2. The normalized spacial score (nSPS) is 16.1. The molecule has 0 spiro atoms. The molecule has 648 valence electrons. The van der Waals surface area contributed by atoms with Gasteiger partial charge in [-0.3, -0.25) is 29.6 Å². The van der Waals surface area contributed by atoms with Gasteiger partial charge in [0.05, 0.1) is 58.4 Å². The number of likely N-dealkylation sites (tertiary alicyclic amines) is 3. The zero-order chi connectivity index (χ0) is 85.1. The molecule has 4 aliphatic heterocycles. The van der Waals surface area contributed by atoms with Gasteiger partial charge >= 0.3 is 76.9 Å². The molecule has 4 aliphatic rings. The van der Waals surface area contributed by atoms with Crippen LogP contribution in [0, 0.1) is 27.2 Å². The van der Waals surface area contributed by atoms with Gasteiger partial charge in [0.1, 0.15) is 38.6 Å². The van der Waals surface area contributed by atoms with E-state index in [9.17, 15) is 68.7 Å². The first-order valence-corrected chi connectivity index (χ1v) is 55.3. The van der Waals surface area contributed by atoms with Crippen molar-refractivity contribution in [3.8, 4) is 28.7 Å². The fraction of sp³-hybridized carbons (Fsp3) is 0.494. The van der Waals surface area contributed by atoms with E-state index in [4.69, 9.17) is 40.6 Å². The molecule has 5 heterocycles. The summed E-state index contributed by atoms with van der Waals surface area (Å²) in [7, 11) is -18.8. The third-order valence-electron chi connectivity index (χ3n) is 18.0. The second-order valence-corrected chi connectivity index (χ2v) is 48.9. The van der Waals surface area contributed by atoms with Gasteiger partial charge < -0.3 is 60.6 Å². The number of benzene rings is 6. The summed E-state index contributed by atoms with van der Waals surface area (Å²) >= 11 is 8.58. The number of alkyl halides is 1. The van der Waals surface area contributed by atoms with Crippen molar-refractivity contribution in [2.24, 2.45) is 0 Å². The number of hydrogen-bond donors (Lipinski definition) is 5. The molecule has 0 amide bonds. The first-order valence-electron chi connectivity index (χ1n) is 37.7. The Labute approximate surface area is 704 Å². The Morgan fingerprint density at radius 2 is 0.852 bits per heavy atom. The van der Waals surface area contributed by atoms with Crippen LogP contribution in [0.3, 0.4) is 0 Å². The summed E-state index contributed by atoms with van der Waals surface area (Å²) in [6.45, 7) is 17.0. The molecule has 4 fully saturated rings. The quantitative estimate of drug-likeness (QED) is 0.00676. The van der Waals surface area contributed by atoms with E-state index in [1.165, 1.54) is 173 Å². The van der Waals surface area contributed by atoms with Crippen LogP contribution < -0.4 is 54.5 Å². The number of nitro benzene ring substituents is 2. The largest absolute Gasteiger partial charge is 0.494 e. The van der Waals surface area contributed by atoms with Crippen molar-refractivity contribution in [1.82, 2.24) is 29.6 Å². The van der Waals surface area contributed by atoms with Crippen molar-refractivity contribution >= 4 is 113 Å². The number of aromatic nitrogens is 2. The van der Waals surface area contributed by atoms with E-state index < -0.39 is 68.3 Å². The van der Waals surface area contributed by atoms with Gasteiger partial charge in [-0.05, 0) is 246 Å². The number of anilines is 2. The van der Waals surface area contributed by atoms with Gasteiger partial charge in [-0.25, -0.2) is 9.78 Å². The fourth-order valence-corrected chi connectivity index (χ4v) is 13.7. The van der Waals surface area contributed by atoms with Gasteiger partial charge in [0, 0.05) is 67.7 Å². The van der Waals surface area contributed by atoms with Crippen LogP contribution in [0.5, 0.6) is 23.0 Å². The standard InChI is InChI=1S/C24H28F5N3O2S.C15H22N2O3.C15H24N2O.C9H10BrNO3.C7H6F5NO2S.C6H13N.CH4O.I3/c1-18-30-23-12-11-21(35(25,26,27,28)29)17-22(23)24(33)32(18)19-7-9-20(10-8-19)34-16-6-15-31-13-4-2-3-5-14-31;18-17(19)14-6-8-15(9-7-14)20-13-5-12-16-10-3-1-2-4-11-16;16-14-6-8-15(9-7-14)18-13-5-12-17-10-3-1-2-4-11-17;10-6-1-7-14-9-4-2-8(3-5-9)11(12)13;8-16(9,10,11,12)4-1-2-6(13)5(3-4)7(14)15;1-2-4-6-7-5-3-1;1-2;1-3-2/h7-12,17H,2-6,13-16H2,1H3;6-9H,1-5,10-13H2;6-9H,1-5,10-13,16H2;2-5H,1,6-7H2;1-3H,13H2,(H,14,15);7H,1-6H2;2H,1H3;/q;;;;;;;-1. The zero-order valence-corrected chi connectivity index (χ0v) is 74.2. The van der Waals surface area contributed by atoms with E-state index in [1.54, 1.807) is 48.5 Å². The number of carboxylic acid groups (broad SMARTS) is 1. The van der Waals surface area contributed by atoms with Gasteiger partial charge in [-0.15, -0.1) is 0 Å². The average molecular weight is 2080 g/mol. The van der Waals surface area contributed by atoms with Gasteiger partial charge in [-0.1, -0.05) is 106 Å². The maximum absolute atomic E-state index is 13.3. The van der Waals surface area contributed by atoms with Crippen molar-refractivity contribution in [2.75, 3.05) is 122 Å². The molecule has 11 rings (SSSR count). The molecule has 22 nitrogen and oxygen atoms in total. The molecular formula is C77H107BrF10I3N10O12S2-. The van der Waals surface area contributed by atoms with Crippen LogP contribution >= 0.6 is 73.6 Å². The zero-order valence-electron chi connectivity index (χ0n) is 64.5. The molecule has 0 saturated carbocycles. The Kier molecular flexibility index (Phi) is 43.7. The number of nitrogens with zero attached hydrogens (tertiary/aromatic N) is 7. The molecule has 0 bridgehead atoms. The number of non-ortho nitro benzene ring substituents is 2. The maximum atomic E-state index is 13.3. The number of rotatable bonds is 25. The molecule has 0 unspecified atom stereocenters. The number of halogens is 14. The summed E-state index contributed by atoms with van der Waals surface area (Å²) in [5.41, 5.74) is 9.51. The third kappa shape index (κ3) is 41.0. The minimum absolute atomic E-state index is 0.0589. The number of carboxylic acids is 1. The Bertz CT molecular complexity index is 4060. The Morgan fingerprint density at radius 3 is 1.20 bits per heavy atom. The SMILES string of the molecule is C1CCCNCC1.CO.Cc1nc2ccc(S(F)(F)(F)(F)F)cc2c(=O)n1-c1ccc(OCCCN2CCCCCC2)cc1.I[I-]I.Nc1ccc(OCCCN2CCCCCC2)cc1.Nc1ccc(S(F)(F)(F)(F)F)cc1C(=O)O.O=[N+]([O-])c1ccc(OCCCBr)cc1.O=[N+]([O-])c1ccc(OCCCN2CCCCCC2)cc1. The monoisotopic (exact) mass is 2080 g/mol. The minimum Gasteiger partial charge on any atom is -0.494 e. The van der Waals surface area contributed by atoms with Crippen LogP contribution in [-0.2, 0) is 0 Å². The molecule has 1 aromatic heterocycles. The molecule has 38 heteroatoms. The molecule has 0 radical (unpaired) electrons. The van der Waals surface area contributed by atoms with Crippen LogP contribution in [0.1, 0.15) is 145 Å². The average Bonchev–Trinajstić information content (AvgIpc) is 0.830. The number of aliphatic hydroxyl groups is 1. The van der Waals surface area contributed by atoms with Crippen molar-refractivity contribution in [3.63, 3.8) is 0 Å². The molecule has 0 atom stereocenters. The Balaban J connectivity index is 0.000000303. The van der Waals surface area contributed by atoms with Gasteiger partial charge in [0.15, 0.2) is 0 Å². The smallest absolute Gasteiger partial charge is 0.337 e. The number of nitrogens with two attached hydrogens (primary N) is 2. The molecular weight excluding hydrogens is 1970 g/mol. The van der Waals surface area contributed by atoms with Crippen LogP contribution in [0.2, 0.25) is 0 Å². The van der Waals surface area contributed by atoms with Crippen molar-refractivity contribution in [1.29, 1.82) is 0 Å². The fourth-order valence-electron chi connectivity index (χ4n) is 12.1. The summed E-state index contributed by atoms with van der Waals surface area (Å²) in [6.07, 6.45) is 25.4. The van der Waals surface area contributed by atoms with Gasteiger partial charge in [0.25, 0.3) is 16.9 Å². The number of hydrogen-bond acceptors (Lipinski definition) is 18. The number of aromatic carboxylic acids is 1. The van der Waals surface area contributed by atoms with E-state index >= 15 is 0 Å². The number of aryl methyl sites for hydroxylation is 1. The molecule has 0 aliphatic carbocycles. The number of ether oxygens (including phenoxy) is 4. The summed E-state index contributed by atoms with van der Waals surface area (Å²) < 4.78 is 151. The van der Waals surface area contributed by atoms with Crippen molar-refractivity contribution in [2.45, 2.75) is 145 Å². The van der Waals surface area contributed by atoms with Gasteiger partial charge in [0.2, 0.25) is 0 Å². The number of aliphatic hydroxyl groups excluding tert-OH is 1. The number of nitrogens with one attached hydrogen (secondary N) is 1. The molecule has 7 aromatic rings. The Hall–Kier alpha value is -6.00. The van der Waals surface area contributed by atoms with Gasteiger partial charge in [-0.2, -0.15) is 0 Å². The predicted molar refractivity (Wildman–Crippen MR) is 456 cm³/mol. The first kappa shape index (κ1) is 101. The second kappa shape index (κ2) is 49.5. The van der Waals surface area contributed by atoms with Crippen LogP contribution in [0.15, 0.2) is 148 Å². The number of carbonyl (C=O) groups is 1. The van der Waals surface area contributed by atoms with E-state index in [2.05, 4.69) is 78.2 Å². The Morgan fingerprint density at radius 1 is 0.522 bits per heavy atom. The molecule has 6 aromatic carbocycles. The summed E-state index contributed by atoms with van der Waals surface area (Å²) in [5, 5.41) is 40.0. The van der Waals surface area contributed by atoms with Crippen LogP contribution in [-0.4, -0.2) is 161 Å². The molecule has 4 saturated heterocycles. The van der Waals surface area contributed by atoms with E-state index in [-0.39, 0.29) is 47.0 Å². The summed E-state index contributed by atoms with van der Waals surface area (Å²) in [6, 6.07) is 28.1. The summed E-state index contributed by atoms with van der Waals surface area (Å²) in [5.74, 6) is 1.28. The van der Waals surface area contributed by atoms with E-state index in [0.717, 1.165) is 99.5 Å². The maximum Gasteiger partial charge on any atom is 0.337 e. The third-order valence-corrected chi connectivity index (χ3v) is 20.8. The van der Waals surface area contributed by atoms with E-state index in [0.29, 0.717) is 62.1 Å². The topological polar surface area (TPSA) is 289 Å². The summed E-state index contributed by atoms with van der Waals surface area (Å²) in [4.78, 5) is 50.7. The predicted octanol–water partition coefficient (Wildman–Crippen LogP) is 19.1. The number of nitrogen functional groups attached to an aromatic ring is 2. The molecule has 115 heavy (non-hydrogen) atoms. The van der Waals surface area contributed by atoms with E-state index in [1.807, 2.05) is 24.3 Å². The van der Waals surface area contributed by atoms with Crippen LogP contribution in [0.25, 0.3) is 16.6 Å².